The first kappa shape index (κ1) is 13.2. The Morgan fingerprint density at radius 3 is 2.68 bits per heavy atom. The molecule has 0 spiro atoms. The molecule has 19 heavy (non-hydrogen) atoms. The molecule has 0 unspecified atom stereocenters. The highest BCUT2D eigenvalue weighted by Gasteiger charge is 2.13. The molecule has 0 amide bonds. The molecule has 0 aliphatic heterocycles. The van der Waals surface area contributed by atoms with Crippen LogP contribution in [0.5, 0.6) is 0 Å². The summed E-state index contributed by atoms with van der Waals surface area (Å²) < 4.78 is 3.15. The van der Waals surface area contributed by atoms with Crippen molar-refractivity contribution in [2.45, 2.75) is 5.88 Å². The van der Waals surface area contributed by atoms with Crippen molar-refractivity contribution in [3.8, 4) is 5.69 Å². The van der Waals surface area contributed by atoms with Gasteiger partial charge >= 0.3 is 0 Å². The Kier molecular flexibility index (Phi) is 3.69. The predicted molar refractivity (Wildman–Crippen MR) is 88.4 cm³/mol. The minimum atomic E-state index is 0.368. The first-order valence-electron chi connectivity index (χ1n) is 5.68. The van der Waals surface area contributed by atoms with Crippen molar-refractivity contribution in [3.05, 3.63) is 56.9 Å². The zero-order chi connectivity index (χ0) is 13.4. The number of fused-ring (bicyclic) bond motifs is 1. The molecule has 3 aromatic rings. The summed E-state index contributed by atoms with van der Waals surface area (Å²) in [7, 11) is 0. The highest BCUT2D eigenvalue weighted by molar-refractivity contribution is 14.1. The van der Waals surface area contributed by atoms with Gasteiger partial charge in [-0.2, -0.15) is 0 Å². The molecule has 0 bridgehead atoms. The molecule has 1 heterocycles. The maximum atomic E-state index is 6.03. The van der Waals surface area contributed by atoms with Crippen LogP contribution in [0.2, 0.25) is 5.02 Å². The lowest BCUT2D eigenvalue weighted by atomic mass is 10.3. The van der Waals surface area contributed by atoms with Crippen LogP contribution in [0.25, 0.3) is 16.7 Å². The predicted octanol–water partition coefficient (Wildman–Crippen LogP) is 5.02. The number of rotatable bonds is 2. The van der Waals surface area contributed by atoms with E-state index in [0.717, 1.165) is 31.1 Å². The third kappa shape index (κ3) is 2.35. The van der Waals surface area contributed by atoms with Gasteiger partial charge in [-0.25, -0.2) is 4.98 Å². The van der Waals surface area contributed by atoms with Crippen LogP contribution in [-0.4, -0.2) is 9.55 Å². The van der Waals surface area contributed by atoms with Crippen molar-refractivity contribution in [2.75, 3.05) is 0 Å². The lowest BCUT2D eigenvalue weighted by Crippen LogP contribution is -2.01. The van der Waals surface area contributed by atoms with E-state index in [1.165, 1.54) is 0 Å². The fourth-order valence-corrected chi connectivity index (χ4v) is 3.39. The second-order valence-electron chi connectivity index (χ2n) is 4.08. The van der Waals surface area contributed by atoms with E-state index >= 15 is 0 Å². The van der Waals surface area contributed by atoms with Crippen molar-refractivity contribution >= 4 is 56.8 Å². The van der Waals surface area contributed by atoms with Crippen LogP contribution in [0, 0.1) is 3.57 Å². The molecule has 5 heteroatoms. The molecular formula is C14H9Cl2IN2. The Morgan fingerprint density at radius 1 is 1.16 bits per heavy atom. The summed E-state index contributed by atoms with van der Waals surface area (Å²) in [6, 6.07) is 13.8. The standard InChI is InChI=1S/C14H9Cl2IN2/c15-8-14-18-11-3-1-2-4-13(11)19(14)12-6-5-9(16)7-10(12)17/h1-7H,8H2. The van der Waals surface area contributed by atoms with Crippen LogP contribution >= 0.6 is 45.8 Å². The molecule has 96 valence electrons. The fourth-order valence-electron chi connectivity index (χ4n) is 2.10. The summed E-state index contributed by atoms with van der Waals surface area (Å²) in [5.41, 5.74) is 3.05. The monoisotopic (exact) mass is 402 g/mol. The van der Waals surface area contributed by atoms with Crippen molar-refractivity contribution in [1.82, 2.24) is 9.55 Å². The summed E-state index contributed by atoms with van der Waals surface area (Å²) >= 11 is 14.3. The van der Waals surface area contributed by atoms with Gasteiger partial charge in [0.2, 0.25) is 0 Å². The lowest BCUT2D eigenvalue weighted by Gasteiger charge is -2.10. The van der Waals surface area contributed by atoms with Crippen LogP contribution in [-0.2, 0) is 5.88 Å². The van der Waals surface area contributed by atoms with Gasteiger partial charge in [0.15, 0.2) is 0 Å². The number of benzene rings is 2. The summed E-state index contributed by atoms with van der Waals surface area (Å²) in [5.74, 6) is 1.20. The molecule has 0 fully saturated rings. The molecule has 2 aromatic carbocycles. The highest BCUT2D eigenvalue weighted by atomic mass is 127. The Balaban J connectivity index is 2.34. The maximum absolute atomic E-state index is 6.03. The first-order chi connectivity index (χ1) is 9.20. The van der Waals surface area contributed by atoms with Gasteiger partial charge in [0.05, 0.1) is 22.6 Å². The zero-order valence-corrected chi connectivity index (χ0v) is 13.4. The Bertz CT molecular complexity index is 752. The molecule has 3 rings (SSSR count). The fraction of sp³-hybridized carbons (Fsp3) is 0.0714. The highest BCUT2D eigenvalue weighted by Crippen LogP contribution is 2.27. The largest absolute Gasteiger partial charge is 0.294 e. The van der Waals surface area contributed by atoms with E-state index in [9.17, 15) is 0 Å². The van der Waals surface area contributed by atoms with E-state index in [-0.39, 0.29) is 0 Å². The number of para-hydroxylation sites is 2. The summed E-state index contributed by atoms with van der Waals surface area (Å²) in [4.78, 5) is 4.57. The van der Waals surface area contributed by atoms with Gasteiger partial charge in [-0.1, -0.05) is 23.7 Å². The summed E-state index contributed by atoms with van der Waals surface area (Å²) in [6.07, 6.45) is 0. The topological polar surface area (TPSA) is 17.8 Å². The molecular weight excluding hydrogens is 394 g/mol. The van der Waals surface area contributed by atoms with E-state index in [1.54, 1.807) is 0 Å². The van der Waals surface area contributed by atoms with E-state index in [1.807, 2.05) is 42.5 Å². The first-order valence-corrected chi connectivity index (χ1v) is 7.67. The second kappa shape index (κ2) is 5.31. The van der Waals surface area contributed by atoms with Gasteiger partial charge in [0.25, 0.3) is 0 Å². The average molecular weight is 403 g/mol. The SMILES string of the molecule is ClCc1nc2ccccc2n1-c1ccc(Cl)cc1I. The van der Waals surface area contributed by atoms with Crippen LogP contribution in [0.15, 0.2) is 42.5 Å². The van der Waals surface area contributed by atoms with E-state index < -0.39 is 0 Å². The van der Waals surface area contributed by atoms with Crippen LogP contribution in [0.1, 0.15) is 5.82 Å². The summed E-state index contributed by atoms with van der Waals surface area (Å²) in [5, 5.41) is 0.727. The van der Waals surface area contributed by atoms with Crippen LogP contribution < -0.4 is 0 Å². The van der Waals surface area contributed by atoms with Crippen molar-refractivity contribution < 1.29 is 0 Å². The Labute approximate surface area is 134 Å². The number of aromatic nitrogens is 2. The lowest BCUT2D eigenvalue weighted by molar-refractivity contribution is 0.977. The second-order valence-corrected chi connectivity index (χ2v) is 5.95. The average Bonchev–Trinajstić information content (AvgIpc) is 2.77. The number of nitrogens with zero attached hydrogens (tertiary/aromatic N) is 2. The van der Waals surface area contributed by atoms with E-state index in [0.29, 0.717) is 5.88 Å². The molecule has 0 N–H and O–H groups in total. The molecule has 0 radical (unpaired) electrons. The van der Waals surface area contributed by atoms with Crippen molar-refractivity contribution in [1.29, 1.82) is 0 Å². The number of imidazole rings is 1. The maximum Gasteiger partial charge on any atom is 0.129 e. The van der Waals surface area contributed by atoms with Crippen molar-refractivity contribution in [3.63, 3.8) is 0 Å². The third-order valence-corrected chi connectivity index (χ3v) is 4.24. The number of hydrogen-bond acceptors (Lipinski definition) is 1. The minimum Gasteiger partial charge on any atom is -0.294 e. The quantitative estimate of drug-likeness (QED) is 0.434. The number of halogens is 3. The van der Waals surface area contributed by atoms with E-state index in [2.05, 4.69) is 32.1 Å². The van der Waals surface area contributed by atoms with Crippen molar-refractivity contribution in [2.24, 2.45) is 0 Å². The molecule has 0 saturated heterocycles. The Morgan fingerprint density at radius 2 is 1.95 bits per heavy atom. The minimum absolute atomic E-state index is 0.368. The van der Waals surface area contributed by atoms with Gasteiger partial charge in [-0.3, -0.25) is 4.57 Å². The Hall–Kier alpha value is -0.780. The number of alkyl halides is 1. The molecule has 2 nitrogen and oxygen atoms in total. The van der Waals surface area contributed by atoms with Gasteiger partial charge in [0, 0.05) is 8.59 Å². The van der Waals surface area contributed by atoms with Gasteiger partial charge in [-0.05, 0) is 52.9 Å². The molecule has 0 aliphatic rings. The van der Waals surface area contributed by atoms with Gasteiger partial charge in [-0.15, -0.1) is 11.6 Å². The zero-order valence-electron chi connectivity index (χ0n) is 9.78. The molecule has 0 aliphatic carbocycles. The third-order valence-electron chi connectivity index (χ3n) is 2.90. The van der Waals surface area contributed by atoms with Crippen LogP contribution in [0.4, 0.5) is 0 Å². The van der Waals surface area contributed by atoms with E-state index in [4.69, 9.17) is 23.2 Å². The molecule has 0 saturated carbocycles. The number of hydrogen-bond donors (Lipinski definition) is 0. The van der Waals surface area contributed by atoms with Crippen LogP contribution in [0.3, 0.4) is 0 Å². The van der Waals surface area contributed by atoms with Gasteiger partial charge in [0.1, 0.15) is 5.82 Å². The smallest absolute Gasteiger partial charge is 0.129 e. The molecule has 0 atom stereocenters. The molecule has 1 aromatic heterocycles. The summed E-state index contributed by atoms with van der Waals surface area (Å²) in [6.45, 7) is 0. The normalized spacial score (nSPS) is 11.1. The van der Waals surface area contributed by atoms with Gasteiger partial charge < -0.3 is 0 Å².